The summed E-state index contributed by atoms with van der Waals surface area (Å²) in [6, 6.07) is 0. The van der Waals surface area contributed by atoms with Crippen molar-refractivity contribution in [3.63, 3.8) is 0 Å². The number of rotatable bonds is 0. The predicted octanol–water partition coefficient (Wildman–Crippen LogP) is 0.825. The molecule has 0 bridgehead atoms. The van der Waals surface area contributed by atoms with Gasteiger partial charge in [-0.2, -0.15) is 18.3 Å². The molecule has 1 amide bonds. The molecule has 0 aliphatic carbocycles. The van der Waals surface area contributed by atoms with Gasteiger partial charge in [0, 0.05) is 19.2 Å². The summed E-state index contributed by atoms with van der Waals surface area (Å²) in [6.07, 6.45) is -3.31. The zero-order valence-corrected chi connectivity index (χ0v) is 7.88. The maximum atomic E-state index is 12.1. The van der Waals surface area contributed by atoms with Crippen molar-refractivity contribution >= 4 is 5.91 Å². The molecule has 0 radical (unpaired) electrons. The zero-order chi connectivity index (χ0) is 11.2. The molecular weight excluding hydrogens is 211 g/mol. The van der Waals surface area contributed by atoms with Crippen LogP contribution < -0.4 is 0 Å². The second-order valence-corrected chi connectivity index (χ2v) is 3.40. The fraction of sp³-hybridized carbons (Fsp3) is 0.500. The zero-order valence-electron chi connectivity index (χ0n) is 7.88. The van der Waals surface area contributed by atoms with Gasteiger partial charge < -0.3 is 4.90 Å². The molecule has 0 saturated heterocycles. The van der Waals surface area contributed by atoms with Crippen LogP contribution in [0.2, 0.25) is 0 Å². The predicted molar refractivity (Wildman–Crippen MR) is 43.5 cm³/mol. The Kier molecular flexibility index (Phi) is 1.99. The summed E-state index contributed by atoms with van der Waals surface area (Å²) in [5.41, 5.74) is 1.34. The molecule has 7 heteroatoms. The summed E-state index contributed by atoms with van der Waals surface area (Å²) in [5.74, 6) is -1.79. The smallest absolute Gasteiger partial charge is 0.325 e. The first-order chi connectivity index (χ1) is 6.89. The van der Waals surface area contributed by atoms with Crippen molar-refractivity contribution in [2.45, 2.75) is 19.3 Å². The third-order valence-corrected chi connectivity index (χ3v) is 2.38. The van der Waals surface area contributed by atoms with Crippen LogP contribution in [0, 0.1) is 0 Å². The monoisotopic (exact) mass is 219 g/mol. The number of aryl methyl sites for hydroxylation is 1. The number of halogens is 3. The molecule has 1 aromatic rings. The maximum absolute atomic E-state index is 12.1. The minimum absolute atomic E-state index is 0.0124. The molecule has 82 valence electrons. The molecule has 0 atom stereocenters. The Labute approximate surface area is 83.3 Å². The lowest BCUT2D eigenvalue weighted by atomic mass is 10.3. The third kappa shape index (κ3) is 1.57. The van der Waals surface area contributed by atoms with E-state index in [1.54, 1.807) is 7.05 Å². The van der Waals surface area contributed by atoms with Gasteiger partial charge in [0.25, 0.3) is 0 Å². The van der Waals surface area contributed by atoms with Crippen molar-refractivity contribution in [3.8, 4) is 0 Å². The average molecular weight is 219 g/mol. The highest BCUT2D eigenvalue weighted by Crippen LogP contribution is 2.27. The molecule has 1 aliphatic heterocycles. The molecule has 4 nitrogen and oxygen atoms in total. The van der Waals surface area contributed by atoms with Gasteiger partial charge in [0.05, 0.1) is 18.4 Å². The molecular formula is C8H8F3N3O. The minimum Gasteiger partial charge on any atom is -0.325 e. The van der Waals surface area contributed by atoms with Gasteiger partial charge in [-0.05, 0) is 0 Å². The van der Waals surface area contributed by atoms with Crippen molar-refractivity contribution in [3.05, 3.63) is 17.5 Å². The Morgan fingerprint density at radius 1 is 1.47 bits per heavy atom. The molecule has 0 saturated carbocycles. The molecule has 2 rings (SSSR count). The normalized spacial score (nSPS) is 15.6. The highest BCUT2D eigenvalue weighted by atomic mass is 19.4. The Hall–Kier alpha value is -1.53. The third-order valence-electron chi connectivity index (χ3n) is 2.38. The van der Waals surface area contributed by atoms with Crippen molar-refractivity contribution in [2.75, 3.05) is 0 Å². The van der Waals surface area contributed by atoms with Crippen LogP contribution in [0.25, 0.3) is 0 Å². The van der Waals surface area contributed by atoms with Crippen LogP contribution in [0.3, 0.4) is 0 Å². The summed E-state index contributed by atoms with van der Waals surface area (Å²) in [4.78, 5) is 11.7. The summed E-state index contributed by atoms with van der Waals surface area (Å²) >= 11 is 0. The highest BCUT2D eigenvalue weighted by molar-refractivity contribution is 5.82. The van der Waals surface area contributed by atoms with Crippen LogP contribution in [0.4, 0.5) is 13.2 Å². The number of nitrogens with zero attached hydrogens (tertiary/aromatic N) is 3. The lowest BCUT2D eigenvalue weighted by molar-refractivity contribution is -0.186. The average Bonchev–Trinajstić information content (AvgIpc) is 2.66. The second-order valence-electron chi connectivity index (χ2n) is 3.40. The molecule has 2 heterocycles. The van der Waals surface area contributed by atoms with Gasteiger partial charge in [-0.1, -0.05) is 0 Å². The van der Waals surface area contributed by atoms with Gasteiger partial charge in [-0.15, -0.1) is 0 Å². The molecule has 0 fully saturated rings. The lowest BCUT2D eigenvalue weighted by Gasteiger charge is -2.17. The Morgan fingerprint density at radius 2 is 2.13 bits per heavy atom. The summed E-state index contributed by atoms with van der Waals surface area (Å²) in [5, 5.41) is 3.89. The molecule has 1 aliphatic rings. The van der Waals surface area contributed by atoms with E-state index in [2.05, 4.69) is 5.10 Å². The number of carbonyl (C=O) groups is 1. The van der Waals surface area contributed by atoms with Crippen LogP contribution in [0.15, 0.2) is 6.20 Å². The van der Waals surface area contributed by atoms with E-state index in [-0.39, 0.29) is 13.1 Å². The van der Waals surface area contributed by atoms with Gasteiger partial charge >= 0.3 is 12.1 Å². The topological polar surface area (TPSA) is 38.1 Å². The fourth-order valence-corrected chi connectivity index (χ4v) is 1.61. The Balaban J connectivity index is 2.17. The number of amides is 1. The Bertz CT molecular complexity index is 410. The number of aromatic nitrogens is 2. The summed E-state index contributed by atoms with van der Waals surface area (Å²) in [6.45, 7) is -0.0360. The van der Waals surface area contributed by atoms with E-state index in [1.165, 1.54) is 10.9 Å². The largest absolute Gasteiger partial charge is 0.471 e. The van der Waals surface area contributed by atoms with E-state index in [4.69, 9.17) is 0 Å². The molecule has 0 spiro atoms. The van der Waals surface area contributed by atoms with Crippen molar-refractivity contribution < 1.29 is 18.0 Å². The number of fused-ring (bicyclic) bond motifs is 1. The number of hydrogen-bond acceptors (Lipinski definition) is 2. The van der Waals surface area contributed by atoms with E-state index in [0.29, 0.717) is 11.3 Å². The highest BCUT2D eigenvalue weighted by Gasteiger charge is 2.44. The van der Waals surface area contributed by atoms with E-state index >= 15 is 0 Å². The van der Waals surface area contributed by atoms with E-state index in [1.807, 2.05) is 0 Å². The van der Waals surface area contributed by atoms with Crippen LogP contribution in [0.5, 0.6) is 0 Å². The van der Waals surface area contributed by atoms with Crippen LogP contribution in [0.1, 0.15) is 11.3 Å². The standard InChI is InChI=1S/C8H8F3N3O/c1-13-6-4-14(3-5(6)2-12-13)7(15)8(9,10)11/h2H,3-4H2,1H3. The molecule has 0 unspecified atom stereocenters. The number of carbonyl (C=O) groups excluding carboxylic acids is 1. The first-order valence-electron chi connectivity index (χ1n) is 4.25. The molecule has 15 heavy (non-hydrogen) atoms. The summed E-state index contributed by atoms with van der Waals surface area (Å²) < 4.78 is 37.8. The number of alkyl halides is 3. The molecule has 0 aromatic carbocycles. The second kappa shape index (κ2) is 2.98. The first kappa shape index (κ1) is 10.0. The van der Waals surface area contributed by atoms with Crippen LogP contribution in [-0.2, 0) is 24.9 Å². The maximum Gasteiger partial charge on any atom is 0.471 e. The van der Waals surface area contributed by atoms with E-state index in [9.17, 15) is 18.0 Å². The minimum atomic E-state index is -4.80. The van der Waals surface area contributed by atoms with Crippen LogP contribution >= 0.6 is 0 Å². The van der Waals surface area contributed by atoms with Crippen molar-refractivity contribution in [1.82, 2.24) is 14.7 Å². The van der Waals surface area contributed by atoms with Gasteiger partial charge in [0.15, 0.2) is 0 Å². The molecule has 1 aromatic heterocycles. The van der Waals surface area contributed by atoms with Crippen LogP contribution in [-0.4, -0.2) is 26.8 Å². The van der Waals surface area contributed by atoms with Gasteiger partial charge in [0.2, 0.25) is 0 Å². The van der Waals surface area contributed by atoms with Gasteiger partial charge in [0.1, 0.15) is 0 Å². The molecule has 0 N–H and O–H groups in total. The SMILES string of the molecule is Cn1ncc2c1CN(C(=O)C(F)(F)F)C2. The summed E-state index contributed by atoms with van der Waals surface area (Å²) in [7, 11) is 1.64. The lowest BCUT2D eigenvalue weighted by Crippen LogP contribution is -2.37. The Morgan fingerprint density at radius 3 is 2.67 bits per heavy atom. The van der Waals surface area contributed by atoms with E-state index < -0.39 is 12.1 Å². The van der Waals surface area contributed by atoms with E-state index in [0.717, 1.165) is 4.90 Å². The van der Waals surface area contributed by atoms with Gasteiger partial charge in [-0.25, -0.2) is 0 Å². The van der Waals surface area contributed by atoms with Gasteiger partial charge in [-0.3, -0.25) is 9.48 Å². The number of hydrogen-bond donors (Lipinski definition) is 0. The quantitative estimate of drug-likeness (QED) is 0.648. The first-order valence-corrected chi connectivity index (χ1v) is 4.25. The fourth-order valence-electron chi connectivity index (χ4n) is 1.61. The van der Waals surface area contributed by atoms with Crippen molar-refractivity contribution in [1.29, 1.82) is 0 Å². The van der Waals surface area contributed by atoms with Crippen molar-refractivity contribution in [2.24, 2.45) is 7.05 Å².